The average Bonchev–Trinajstić information content (AvgIpc) is 3.34. The van der Waals surface area contributed by atoms with Crippen LogP contribution in [0.4, 0.5) is 11.4 Å². The van der Waals surface area contributed by atoms with E-state index in [1.807, 2.05) is 32.1 Å². The molecule has 7 nitrogen and oxygen atoms in total. The van der Waals surface area contributed by atoms with Crippen molar-refractivity contribution in [3.63, 3.8) is 0 Å². The van der Waals surface area contributed by atoms with E-state index in [1.54, 1.807) is 42.2 Å². The maximum atomic E-state index is 13.1. The summed E-state index contributed by atoms with van der Waals surface area (Å²) in [4.78, 5) is 54.6. The first-order valence-electron chi connectivity index (χ1n) is 12.1. The lowest BCUT2D eigenvalue weighted by Gasteiger charge is -2.22. The number of amides is 3. The van der Waals surface area contributed by atoms with Crippen molar-refractivity contribution < 1.29 is 23.9 Å². The Hall–Kier alpha value is -3.45. The average molecular weight is 507 g/mol. The van der Waals surface area contributed by atoms with Gasteiger partial charge in [0.2, 0.25) is 17.7 Å². The first kappa shape index (κ1) is 24.3. The second kappa shape index (κ2) is 9.21. The van der Waals surface area contributed by atoms with Crippen molar-refractivity contribution in [3.8, 4) is 5.75 Å². The molecule has 0 spiro atoms. The number of hydrogen-bond donors (Lipinski definition) is 0. The lowest BCUT2D eigenvalue weighted by atomic mass is 9.78. The summed E-state index contributed by atoms with van der Waals surface area (Å²) in [6, 6.07) is 10.2. The quantitative estimate of drug-likeness (QED) is 0.261. The number of ether oxygens (including phenoxy) is 1. The van der Waals surface area contributed by atoms with Gasteiger partial charge in [-0.3, -0.25) is 19.2 Å². The number of aryl methyl sites for hydroxylation is 1. The van der Waals surface area contributed by atoms with Crippen molar-refractivity contribution in [2.75, 3.05) is 16.3 Å². The highest BCUT2D eigenvalue weighted by molar-refractivity contribution is 6.31. The molecule has 0 N–H and O–H groups in total. The Morgan fingerprint density at radius 1 is 1.06 bits per heavy atom. The van der Waals surface area contributed by atoms with Crippen molar-refractivity contribution >= 4 is 46.7 Å². The highest BCUT2D eigenvalue weighted by Crippen LogP contribution is 2.41. The first-order chi connectivity index (χ1) is 17.2. The van der Waals surface area contributed by atoms with E-state index in [0.717, 1.165) is 5.56 Å². The van der Waals surface area contributed by atoms with Crippen molar-refractivity contribution in [2.45, 2.75) is 33.6 Å². The van der Waals surface area contributed by atoms with E-state index >= 15 is 0 Å². The van der Waals surface area contributed by atoms with E-state index in [1.165, 1.54) is 4.90 Å². The molecule has 4 atom stereocenters. The molecule has 0 unspecified atom stereocenters. The number of hydrogen-bond acceptors (Lipinski definition) is 5. The lowest BCUT2D eigenvalue weighted by molar-refractivity contribution is -0.139. The fourth-order valence-electron chi connectivity index (χ4n) is 5.51. The van der Waals surface area contributed by atoms with Gasteiger partial charge in [-0.25, -0.2) is 4.90 Å². The molecule has 186 valence electrons. The molecule has 2 aromatic carbocycles. The molecule has 1 aliphatic carbocycles. The summed E-state index contributed by atoms with van der Waals surface area (Å²) in [5, 5.41) is 0.557. The zero-order chi connectivity index (χ0) is 25.7. The van der Waals surface area contributed by atoms with Gasteiger partial charge in [-0.15, -0.1) is 0 Å². The number of rotatable bonds is 4. The fourth-order valence-corrected chi connectivity index (χ4v) is 5.68. The van der Waals surface area contributed by atoms with Crippen molar-refractivity contribution in [1.82, 2.24) is 0 Å². The Morgan fingerprint density at radius 2 is 1.83 bits per heavy atom. The van der Waals surface area contributed by atoms with Gasteiger partial charge in [0.05, 0.1) is 23.4 Å². The third-order valence-electron chi connectivity index (χ3n) is 7.49. The van der Waals surface area contributed by atoms with Gasteiger partial charge in [-0.05, 0) is 67.6 Å². The summed E-state index contributed by atoms with van der Waals surface area (Å²) in [6.07, 6.45) is 4.58. The molecule has 5 rings (SSSR count). The van der Waals surface area contributed by atoms with Crippen LogP contribution in [0.5, 0.6) is 5.75 Å². The molecule has 2 aromatic rings. The topological polar surface area (TPSA) is 84.0 Å². The third kappa shape index (κ3) is 4.01. The molecule has 0 bridgehead atoms. The second-order valence-electron chi connectivity index (χ2n) is 9.83. The van der Waals surface area contributed by atoms with E-state index < -0.39 is 11.9 Å². The Balaban J connectivity index is 1.30. The molecule has 8 heteroatoms. The molecular weight excluding hydrogens is 480 g/mol. The Kier molecular flexibility index (Phi) is 6.20. The maximum absolute atomic E-state index is 13.1. The summed E-state index contributed by atoms with van der Waals surface area (Å²) >= 11 is 6.20. The molecule has 2 fully saturated rings. The smallest absolute Gasteiger partial charge is 0.316 e. The van der Waals surface area contributed by atoms with E-state index in [-0.39, 0.29) is 48.4 Å². The van der Waals surface area contributed by atoms with Gasteiger partial charge >= 0.3 is 5.97 Å². The van der Waals surface area contributed by atoms with Crippen LogP contribution >= 0.6 is 11.6 Å². The monoisotopic (exact) mass is 506 g/mol. The predicted molar refractivity (Wildman–Crippen MR) is 136 cm³/mol. The zero-order valence-corrected chi connectivity index (χ0v) is 21.1. The third-order valence-corrected chi connectivity index (χ3v) is 7.90. The molecule has 2 saturated heterocycles. The lowest BCUT2D eigenvalue weighted by Crippen LogP contribution is -2.32. The van der Waals surface area contributed by atoms with Gasteiger partial charge in [0.1, 0.15) is 5.75 Å². The Morgan fingerprint density at radius 3 is 2.56 bits per heavy atom. The number of benzene rings is 2. The molecule has 0 saturated carbocycles. The largest absolute Gasteiger partial charge is 0.426 e. The summed E-state index contributed by atoms with van der Waals surface area (Å²) < 4.78 is 5.61. The van der Waals surface area contributed by atoms with Gasteiger partial charge < -0.3 is 9.64 Å². The number of imide groups is 1. The first-order valence-corrected chi connectivity index (χ1v) is 12.5. The second-order valence-corrected chi connectivity index (χ2v) is 10.2. The highest BCUT2D eigenvalue weighted by Gasteiger charge is 2.50. The number of carbonyl (C=O) groups is 4. The van der Waals surface area contributed by atoms with Crippen LogP contribution in [0.2, 0.25) is 5.02 Å². The summed E-state index contributed by atoms with van der Waals surface area (Å²) in [5.41, 5.74) is 2.63. The van der Waals surface area contributed by atoms with Gasteiger partial charge in [0.15, 0.2) is 0 Å². The van der Waals surface area contributed by atoms with E-state index in [0.29, 0.717) is 34.1 Å². The molecule has 36 heavy (non-hydrogen) atoms. The summed E-state index contributed by atoms with van der Waals surface area (Å²) in [6.45, 7) is 5.78. The number of fused-ring (bicyclic) bond motifs is 1. The van der Waals surface area contributed by atoms with E-state index in [4.69, 9.17) is 16.3 Å². The van der Waals surface area contributed by atoms with Gasteiger partial charge in [0, 0.05) is 23.7 Å². The van der Waals surface area contributed by atoms with Crippen molar-refractivity contribution in [1.29, 1.82) is 0 Å². The van der Waals surface area contributed by atoms with Gasteiger partial charge in [-0.2, -0.15) is 0 Å². The van der Waals surface area contributed by atoms with Crippen LogP contribution in [0.1, 0.15) is 30.9 Å². The minimum Gasteiger partial charge on any atom is -0.426 e. The molecule has 0 aromatic heterocycles. The van der Waals surface area contributed by atoms with Crippen molar-refractivity contribution in [2.24, 2.45) is 23.7 Å². The number of allylic oxidation sites excluding steroid dienone is 2. The van der Waals surface area contributed by atoms with Gasteiger partial charge in [-0.1, -0.05) is 36.7 Å². The number of anilines is 2. The SMILES string of the molecule is Cc1cc(OC(=O)[C@@H]2CC(=O)N(c3cccc(Cl)c3C)C2)ccc1N1C(=O)[C@@H]2[C@H](C)C=CC[C@H]2C1=O. The summed E-state index contributed by atoms with van der Waals surface area (Å²) in [5.74, 6) is -2.01. The molecule has 3 aliphatic rings. The van der Waals surface area contributed by atoms with Crippen LogP contribution in [0.15, 0.2) is 48.6 Å². The van der Waals surface area contributed by atoms with E-state index in [2.05, 4.69) is 0 Å². The number of halogens is 1. The minimum atomic E-state index is -0.616. The summed E-state index contributed by atoms with van der Waals surface area (Å²) in [7, 11) is 0. The molecule has 2 heterocycles. The number of nitrogens with zero attached hydrogens (tertiary/aromatic N) is 2. The molecule has 0 radical (unpaired) electrons. The number of esters is 1. The predicted octanol–water partition coefficient (Wildman–Crippen LogP) is 4.62. The zero-order valence-electron chi connectivity index (χ0n) is 20.4. The van der Waals surface area contributed by atoms with Gasteiger partial charge in [0.25, 0.3) is 0 Å². The van der Waals surface area contributed by atoms with Crippen LogP contribution in [0.25, 0.3) is 0 Å². The van der Waals surface area contributed by atoms with Crippen LogP contribution in [-0.2, 0) is 19.2 Å². The highest BCUT2D eigenvalue weighted by atomic mass is 35.5. The molecular formula is C28H27ClN2O5. The van der Waals surface area contributed by atoms with Crippen molar-refractivity contribution in [3.05, 3.63) is 64.7 Å². The minimum absolute atomic E-state index is 0.00937. The maximum Gasteiger partial charge on any atom is 0.316 e. The standard InChI is InChI=1S/C28H27ClN2O5/c1-15-6-4-7-20-25(15)27(34)31(26(20)33)22-11-10-19(12-16(22)2)36-28(35)18-13-24(32)30(14-18)23-9-5-8-21(29)17(23)3/h4-6,8-12,15,18,20,25H,7,13-14H2,1-3H3/t15-,18-,20-,25-/m1/s1. The molecule has 3 amide bonds. The van der Waals surface area contributed by atoms with Crippen LogP contribution in [-0.4, -0.2) is 30.2 Å². The normalized spacial score (nSPS) is 25.5. The van der Waals surface area contributed by atoms with Crippen LogP contribution in [0.3, 0.4) is 0 Å². The molecule has 2 aliphatic heterocycles. The Bertz CT molecular complexity index is 1320. The van der Waals surface area contributed by atoms with Crippen LogP contribution in [0, 0.1) is 37.5 Å². The fraction of sp³-hybridized carbons (Fsp3) is 0.357. The van der Waals surface area contributed by atoms with Crippen LogP contribution < -0.4 is 14.5 Å². The van der Waals surface area contributed by atoms with E-state index in [9.17, 15) is 19.2 Å². The number of carbonyl (C=O) groups excluding carboxylic acids is 4. The Labute approximate surface area is 214 Å².